The van der Waals surface area contributed by atoms with Crippen LogP contribution in [-0.2, 0) is 11.3 Å². The van der Waals surface area contributed by atoms with E-state index < -0.39 is 0 Å². The van der Waals surface area contributed by atoms with Gasteiger partial charge in [0.2, 0.25) is 0 Å². The lowest BCUT2D eigenvalue weighted by atomic mass is 10.3. The third-order valence-electron chi connectivity index (χ3n) is 2.99. The van der Waals surface area contributed by atoms with E-state index in [2.05, 4.69) is 15.6 Å². The summed E-state index contributed by atoms with van der Waals surface area (Å²) in [6.45, 7) is 5.69. The zero-order valence-electron chi connectivity index (χ0n) is 13.6. The summed E-state index contributed by atoms with van der Waals surface area (Å²) in [5, 5.41) is 6.93. The Labute approximate surface area is 150 Å². The monoisotopic (exact) mass is 369 g/mol. The minimum atomic E-state index is -0.335. The van der Waals surface area contributed by atoms with E-state index in [0.717, 1.165) is 9.88 Å². The third-order valence-corrected chi connectivity index (χ3v) is 4.20. The van der Waals surface area contributed by atoms with Crippen molar-refractivity contribution in [2.75, 3.05) is 25.1 Å². The average Bonchev–Trinajstić information content (AvgIpc) is 2.97. The maximum Gasteiger partial charge on any atom is 0.319 e. The number of rotatable bonds is 8. The summed E-state index contributed by atoms with van der Waals surface area (Å²) in [5.41, 5.74) is 0.511. The van der Waals surface area contributed by atoms with Crippen LogP contribution in [0.2, 0.25) is 5.02 Å². The molecule has 0 saturated carbocycles. The number of hydrogen-bond donors (Lipinski definition) is 2. The zero-order chi connectivity index (χ0) is 17.4. The van der Waals surface area contributed by atoms with Crippen molar-refractivity contribution in [3.8, 4) is 5.75 Å². The Hall–Kier alpha value is -1.83. The standard InChI is InChI=1S/C16H20ClN3O3S/c1-3-22-7-8-23-15-13(17)5-4-6-14(15)20-16(21)19-10-12-9-18-11(2)24-12/h4-6,9H,3,7-8,10H2,1-2H3,(H2,19,20,21). The van der Waals surface area contributed by atoms with E-state index >= 15 is 0 Å². The minimum Gasteiger partial charge on any atom is -0.487 e. The molecule has 1 heterocycles. The van der Waals surface area contributed by atoms with Crippen LogP contribution in [0.1, 0.15) is 16.8 Å². The maximum absolute atomic E-state index is 12.1. The second kappa shape index (κ2) is 9.46. The molecular formula is C16H20ClN3O3S. The van der Waals surface area contributed by atoms with Gasteiger partial charge in [-0.2, -0.15) is 0 Å². The van der Waals surface area contributed by atoms with Crippen LogP contribution in [0, 0.1) is 6.92 Å². The number of ether oxygens (including phenoxy) is 2. The minimum absolute atomic E-state index is 0.335. The Morgan fingerprint density at radius 3 is 2.92 bits per heavy atom. The fourth-order valence-electron chi connectivity index (χ4n) is 1.92. The molecule has 1 aromatic heterocycles. The van der Waals surface area contributed by atoms with E-state index in [1.165, 1.54) is 0 Å². The van der Waals surface area contributed by atoms with Gasteiger partial charge in [-0.25, -0.2) is 9.78 Å². The molecule has 1 aromatic carbocycles. The number of carbonyl (C=O) groups excluding carboxylic acids is 1. The molecule has 0 fully saturated rings. The summed E-state index contributed by atoms with van der Waals surface area (Å²) in [6.07, 6.45) is 1.75. The van der Waals surface area contributed by atoms with Gasteiger partial charge in [0.05, 0.1) is 28.9 Å². The van der Waals surface area contributed by atoms with Crippen LogP contribution in [0.3, 0.4) is 0 Å². The van der Waals surface area contributed by atoms with Crippen LogP contribution in [0.5, 0.6) is 5.75 Å². The van der Waals surface area contributed by atoms with Gasteiger partial charge in [-0.05, 0) is 26.0 Å². The third kappa shape index (κ3) is 5.67. The molecule has 0 spiro atoms. The molecule has 0 bridgehead atoms. The highest BCUT2D eigenvalue weighted by atomic mass is 35.5. The molecule has 0 atom stereocenters. The van der Waals surface area contributed by atoms with Gasteiger partial charge in [0.15, 0.2) is 5.75 Å². The van der Waals surface area contributed by atoms with Gasteiger partial charge in [0, 0.05) is 17.7 Å². The maximum atomic E-state index is 12.1. The molecule has 2 N–H and O–H groups in total. The Morgan fingerprint density at radius 2 is 2.21 bits per heavy atom. The van der Waals surface area contributed by atoms with Crippen molar-refractivity contribution in [2.24, 2.45) is 0 Å². The van der Waals surface area contributed by atoms with Crippen molar-refractivity contribution in [3.63, 3.8) is 0 Å². The van der Waals surface area contributed by atoms with Crippen molar-refractivity contribution in [1.82, 2.24) is 10.3 Å². The fourth-order valence-corrected chi connectivity index (χ4v) is 2.89. The van der Waals surface area contributed by atoms with E-state index in [4.69, 9.17) is 21.1 Å². The van der Waals surface area contributed by atoms with Gasteiger partial charge in [-0.1, -0.05) is 17.7 Å². The van der Waals surface area contributed by atoms with Gasteiger partial charge in [-0.15, -0.1) is 11.3 Å². The number of urea groups is 1. The zero-order valence-corrected chi connectivity index (χ0v) is 15.2. The molecule has 2 rings (SSSR count). The second-order valence-electron chi connectivity index (χ2n) is 4.82. The van der Waals surface area contributed by atoms with Crippen LogP contribution >= 0.6 is 22.9 Å². The molecule has 8 heteroatoms. The fraction of sp³-hybridized carbons (Fsp3) is 0.375. The number of benzene rings is 1. The summed E-state index contributed by atoms with van der Waals surface area (Å²) in [6, 6.07) is 4.86. The molecule has 130 valence electrons. The highest BCUT2D eigenvalue weighted by molar-refractivity contribution is 7.11. The van der Waals surface area contributed by atoms with E-state index in [9.17, 15) is 4.79 Å². The summed E-state index contributed by atoms with van der Waals surface area (Å²) < 4.78 is 10.9. The lowest BCUT2D eigenvalue weighted by Crippen LogP contribution is -2.28. The van der Waals surface area contributed by atoms with Crippen LogP contribution < -0.4 is 15.4 Å². The molecule has 2 amide bonds. The molecule has 2 aromatic rings. The Morgan fingerprint density at radius 1 is 1.38 bits per heavy atom. The van der Waals surface area contributed by atoms with Crippen LogP contribution in [0.15, 0.2) is 24.4 Å². The Kier molecular flexibility index (Phi) is 7.30. The number of carbonyl (C=O) groups is 1. The average molecular weight is 370 g/mol. The number of aryl methyl sites for hydroxylation is 1. The molecule has 6 nitrogen and oxygen atoms in total. The first kappa shape index (κ1) is 18.5. The first-order valence-electron chi connectivity index (χ1n) is 7.55. The van der Waals surface area contributed by atoms with Crippen molar-refractivity contribution in [1.29, 1.82) is 0 Å². The van der Waals surface area contributed by atoms with Gasteiger partial charge < -0.3 is 20.1 Å². The quantitative estimate of drug-likeness (QED) is 0.693. The molecule has 0 saturated heterocycles. The van der Waals surface area contributed by atoms with Gasteiger partial charge in [0.25, 0.3) is 0 Å². The van der Waals surface area contributed by atoms with Crippen LogP contribution in [0.4, 0.5) is 10.5 Å². The summed E-state index contributed by atoms with van der Waals surface area (Å²) >= 11 is 7.70. The van der Waals surface area contributed by atoms with Gasteiger partial charge in [-0.3, -0.25) is 0 Å². The van der Waals surface area contributed by atoms with E-state index in [1.807, 2.05) is 13.8 Å². The van der Waals surface area contributed by atoms with E-state index in [0.29, 0.717) is 42.8 Å². The second-order valence-corrected chi connectivity index (χ2v) is 6.54. The molecule has 0 radical (unpaired) electrons. The number of anilines is 1. The van der Waals surface area contributed by atoms with Crippen molar-refractivity contribution in [2.45, 2.75) is 20.4 Å². The highest BCUT2D eigenvalue weighted by Gasteiger charge is 2.11. The van der Waals surface area contributed by atoms with Crippen LogP contribution in [-0.4, -0.2) is 30.8 Å². The molecule has 0 aliphatic carbocycles. The summed E-state index contributed by atoms with van der Waals surface area (Å²) in [7, 11) is 0. The number of aromatic nitrogens is 1. The van der Waals surface area contributed by atoms with E-state index in [1.54, 1.807) is 35.7 Å². The number of nitrogens with one attached hydrogen (secondary N) is 2. The predicted octanol–water partition coefficient (Wildman–Crippen LogP) is 3.84. The number of amides is 2. The van der Waals surface area contributed by atoms with E-state index in [-0.39, 0.29) is 6.03 Å². The van der Waals surface area contributed by atoms with Crippen molar-refractivity contribution >= 4 is 34.7 Å². The number of nitrogens with zero attached hydrogens (tertiary/aromatic N) is 1. The number of hydrogen-bond acceptors (Lipinski definition) is 5. The van der Waals surface area contributed by atoms with Gasteiger partial charge in [0.1, 0.15) is 6.61 Å². The Bertz CT molecular complexity index is 678. The Balaban J connectivity index is 1.92. The molecule has 0 aliphatic heterocycles. The van der Waals surface area contributed by atoms with Crippen molar-refractivity contribution in [3.05, 3.63) is 39.3 Å². The number of thiazole rings is 1. The highest BCUT2D eigenvalue weighted by Crippen LogP contribution is 2.32. The molecule has 0 unspecified atom stereocenters. The van der Waals surface area contributed by atoms with Gasteiger partial charge >= 0.3 is 6.03 Å². The summed E-state index contributed by atoms with van der Waals surface area (Å²) in [4.78, 5) is 17.2. The lowest BCUT2D eigenvalue weighted by molar-refractivity contribution is 0.110. The normalized spacial score (nSPS) is 10.5. The molecular weight excluding hydrogens is 350 g/mol. The number of para-hydroxylation sites is 1. The lowest BCUT2D eigenvalue weighted by Gasteiger charge is -2.14. The molecule has 0 aliphatic rings. The summed E-state index contributed by atoms with van der Waals surface area (Å²) in [5.74, 6) is 0.433. The first-order valence-corrected chi connectivity index (χ1v) is 8.74. The van der Waals surface area contributed by atoms with Crippen molar-refractivity contribution < 1.29 is 14.3 Å². The SMILES string of the molecule is CCOCCOc1c(Cl)cccc1NC(=O)NCc1cnc(C)s1. The molecule has 24 heavy (non-hydrogen) atoms. The smallest absolute Gasteiger partial charge is 0.319 e. The van der Waals surface area contributed by atoms with Crippen LogP contribution in [0.25, 0.3) is 0 Å². The predicted molar refractivity (Wildman–Crippen MR) is 96.1 cm³/mol. The number of halogens is 1. The first-order chi connectivity index (χ1) is 11.6. The topological polar surface area (TPSA) is 72.5 Å². The largest absolute Gasteiger partial charge is 0.487 e.